The maximum absolute atomic E-state index is 11.0. The van der Waals surface area contributed by atoms with Crippen molar-refractivity contribution >= 4 is 11.9 Å². The highest BCUT2D eigenvalue weighted by Crippen LogP contribution is 2.25. The number of benzene rings is 3. The van der Waals surface area contributed by atoms with Crippen LogP contribution in [0, 0.1) is 0 Å². The summed E-state index contributed by atoms with van der Waals surface area (Å²) in [5, 5.41) is 34.9. The van der Waals surface area contributed by atoms with Crippen molar-refractivity contribution in [3.8, 4) is 33.9 Å². The third kappa shape index (κ3) is 4.02. The maximum Gasteiger partial charge on any atom is 0.335 e. The van der Waals surface area contributed by atoms with Crippen LogP contribution in [0.2, 0.25) is 0 Å². The summed E-state index contributed by atoms with van der Waals surface area (Å²) in [7, 11) is 0. The summed E-state index contributed by atoms with van der Waals surface area (Å²) in [6.07, 6.45) is 3.52. The molecule has 0 saturated carbocycles. The smallest absolute Gasteiger partial charge is 0.335 e. The molecule has 2 aromatic heterocycles. The van der Waals surface area contributed by atoms with Crippen molar-refractivity contribution in [2.24, 2.45) is 0 Å². The lowest BCUT2D eigenvalue weighted by molar-refractivity contribution is 0.0686. The van der Waals surface area contributed by atoms with Gasteiger partial charge < -0.3 is 10.2 Å². The topological polar surface area (TPSA) is 136 Å². The first-order valence-electron chi connectivity index (χ1n) is 10.1. The Balaban J connectivity index is 1.39. The molecule has 0 aliphatic carbocycles. The van der Waals surface area contributed by atoms with Crippen molar-refractivity contribution in [2.75, 3.05) is 0 Å². The van der Waals surface area contributed by atoms with Gasteiger partial charge in [0.1, 0.15) is 11.4 Å². The molecule has 0 fully saturated rings. The Morgan fingerprint density at radius 1 is 0.618 bits per heavy atom. The molecule has 5 aromatic rings. The first-order valence-corrected chi connectivity index (χ1v) is 10.1. The molecule has 0 bridgehead atoms. The van der Waals surface area contributed by atoms with Crippen LogP contribution in [0.3, 0.4) is 0 Å². The largest absolute Gasteiger partial charge is 0.478 e. The fraction of sp³-hybridized carbons (Fsp3) is 0. The van der Waals surface area contributed by atoms with E-state index in [1.54, 1.807) is 46.0 Å². The summed E-state index contributed by atoms with van der Waals surface area (Å²) in [5.41, 5.74) is 4.71. The maximum atomic E-state index is 11.0. The number of hydrogen-bond acceptors (Lipinski definition) is 6. The average molecular weight is 452 g/mol. The molecule has 0 saturated heterocycles. The van der Waals surface area contributed by atoms with Gasteiger partial charge in [0.25, 0.3) is 0 Å². The number of hydrogen-bond donors (Lipinski definition) is 2. The van der Waals surface area contributed by atoms with Crippen LogP contribution in [0.15, 0.2) is 85.2 Å². The molecule has 0 amide bonds. The van der Waals surface area contributed by atoms with Gasteiger partial charge in [-0.15, -0.1) is 10.2 Å². The number of carbonyl (C=O) groups is 2. The normalized spacial score (nSPS) is 10.8. The van der Waals surface area contributed by atoms with Gasteiger partial charge in [-0.2, -0.15) is 0 Å². The highest BCUT2D eigenvalue weighted by atomic mass is 16.4. The van der Waals surface area contributed by atoms with E-state index < -0.39 is 11.9 Å². The van der Waals surface area contributed by atoms with Gasteiger partial charge in [-0.3, -0.25) is 0 Å². The highest BCUT2D eigenvalue weighted by Gasteiger charge is 2.11. The van der Waals surface area contributed by atoms with Crippen LogP contribution in [0.25, 0.3) is 33.9 Å². The van der Waals surface area contributed by atoms with Crippen molar-refractivity contribution in [3.63, 3.8) is 0 Å². The summed E-state index contributed by atoms with van der Waals surface area (Å²) in [6.45, 7) is 0. The molecule has 0 spiro atoms. The summed E-state index contributed by atoms with van der Waals surface area (Å²) < 4.78 is 3.15. The molecule has 2 N–H and O–H groups in total. The minimum Gasteiger partial charge on any atom is -0.478 e. The van der Waals surface area contributed by atoms with Crippen molar-refractivity contribution in [3.05, 3.63) is 96.3 Å². The predicted octanol–water partition coefficient (Wildman–Crippen LogP) is 3.58. The Kier molecular flexibility index (Phi) is 5.15. The van der Waals surface area contributed by atoms with E-state index in [-0.39, 0.29) is 11.1 Å². The molecule has 0 unspecified atom stereocenters. The zero-order valence-corrected chi connectivity index (χ0v) is 17.5. The Morgan fingerprint density at radius 3 is 1.41 bits per heavy atom. The SMILES string of the molecule is O=C(O)c1ccc(-n2cc(-c3cccc(-c4cn(-c5ccc(C(=O)O)cc5)nn4)c3)nn2)cc1. The van der Waals surface area contributed by atoms with Crippen molar-refractivity contribution in [2.45, 2.75) is 0 Å². The number of aromatic carboxylic acids is 2. The number of carboxylic acid groups (broad SMARTS) is 2. The number of aromatic nitrogens is 6. The molecule has 2 heterocycles. The molecule has 166 valence electrons. The van der Waals surface area contributed by atoms with Crippen LogP contribution < -0.4 is 0 Å². The molecule has 5 rings (SSSR count). The Labute approximate surface area is 192 Å². The predicted molar refractivity (Wildman–Crippen MR) is 121 cm³/mol. The summed E-state index contributed by atoms with van der Waals surface area (Å²) in [5.74, 6) is -1.98. The summed E-state index contributed by atoms with van der Waals surface area (Å²) >= 11 is 0. The first kappa shape index (κ1) is 20.8. The average Bonchev–Trinajstić information content (AvgIpc) is 3.55. The van der Waals surface area contributed by atoms with Crippen LogP contribution in [0.4, 0.5) is 0 Å². The molecule has 10 heteroatoms. The van der Waals surface area contributed by atoms with Gasteiger partial charge in [0.05, 0.1) is 34.9 Å². The second-order valence-electron chi connectivity index (χ2n) is 7.38. The Hall–Kier alpha value is -5.12. The molecule has 3 aromatic carbocycles. The van der Waals surface area contributed by atoms with Gasteiger partial charge in [0.15, 0.2) is 0 Å². The van der Waals surface area contributed by atoms with E-state index in [1.807, 2.05) is 24.3 Å². The first-order chi connectivity index (χ1) is 16.5. The molecule has 0 atom stereocenters. The monoisotopic (exact) mass is 452 g/mol. The fourth-order valence-electron chi connectivity index (χ4n) is 3.40. The van der Waals surface area contributed by atoms with Crippen LogP contribution in [-0.2, 0) is 0 Å². The van der Waals surface area contributed by atoms with Gasteiger partial charge in [0, 0.05) is 11.1 Å². The molecule has 34 heavy (non-hydrogen) atoms. The molecule has 0 aliphatic rings. The Morgan fingerprint density at radius 2 is 1.03 bits per heavy atom. The van der Waals surface area contributed by atoms with E-state index in [0.717, 1.165) is 11.1 Å². The zero-order chi connectivity index (χ0) is 23.7. The number of rotatable bonds is 6. The third-order valence-corrected chi connectivity index (χ3v) is 5.20. The molecular formula is C24H16N6O4. The lowest BCUT2D eigenvalue weighted by atomic mass is 10.1. The van der Waals surface area contributed by atoms with Gasteiger partial charge in [-0.05, 0) is 54.6 Å². The highest BCUT2D eigenvalue weighted by molar-refractivity contribution is 5.88. The van der Waals surface area contributed by atoms with Crippen molar-refractivity contribution < 1.29 is 19.8 Å². The second-order valence-corrected chi connectivity index (χ2v) is 7.38. The van der Waals surface area contributed by atoms with Crippen LogP contribution in [0.5, 0.6) is 0 Å². The summed E-state index contributed by atoms with van der Waals surface area (Å²) in [4.78, 5) is 22.1. The zero-order valence-electron chi connectivity index (χ0n) is 17.5. The van der Waals surface area contributed by atoms with Crippen LogP contribution in [0.1, 0.15) is 20.7 Å². The van der Waals surface area contributed by atoms with Gasteiger partial charge >= 0.3 is 11.9 Å². The van der Waals surface area contributed by atoms with Gasteiger partial charge in [-0.1, -0.05) is 28.6 Å². The minimum absolute atomic E-state index is 0.197. The fourth-order valence-corrected chi connectivity index (χ4v) is 3.40. The van der Waals surface area contributed by atoms with Crippen LogP contribution in [-0.4, -0.2) is 52.1 Å². The summed E-state index contributed by atoms with van der Waals surface area (Å²) in [6, 6.07) is 20.3. The van der Waals surface area contributed by atoms with Crippen molar-refractivity contribution in [1.82, 2.24) is 30.0 Å². The molecule has 0 radical (unpaired) electrons. The molecule has 10 nitrogen and oxygen atoms in total. The van der Waals surface area contributed by atoms with Crippen LogP contribution >= 0.6 is 0 Å². The lowest BCUT2D eigenvalue weighted by Crippen LogP contribution is -1.98. The minimum atomic E-state index is -0.989. The number of nitrogens with zero attached hydrogens (tertiary/aromatic N) is 6. The van der Waals surface area contributed by atoms with E-state index in [0.29, 0.717) is 22.8 Å². The standard InChI is InChI=1S/C24H16N6O4/c31-23(32)15-4-8-19(9-5-15)29-13-21(25-27-29)17-2-1-3-18(12-17)22-14-30(28-26-22)20-10-6-16(7-11-20)24(33)34/h1-14H,(H,31,32)(H,33,34). The molecular weight excluding hydrogens is 436 g/mol. The van der Waals surface area contributed by atoms with E-state index in [4.69, 9.17) is 10.2 Å². The lowest BCUT2D eigenvalue weighted by Gasteiger charge is -2.01. The third-order valence-electron chi connectivity index (χ3n) is 5.20. The Bertz CT molecular complexity index is 1390. The van der Waals surface area contributed by atoms with E-state index in [2.05, 4.69) is 20.6 Å². The van der Waals surface area contributed by atoms with Gasteiger partial charge in [0.2, 0.25) is 0 Å². The van der Waals surface area contributed by atoms with E-state index in [1.165, 1.54) is 24.3 Å². The molecule has 0 aliphatic heterocycles. The van der Waals surface area contributed by atoms with Gasteiger partial charge in [-0.25, -0.2) is 19.0 Å². The van der Waals surface area contributed by atoms with Crippen molar-refractivity contribution in [1.29, 1.82) is 0 Å². The second kappa shape index (κ2) is 8.43. The van der Waals surface area contributed by atoms with E-state index >= 15 is 0 Å². The quantitative estimate of drug-likeness (QED) is 0.399. The van der Waals surface area contributed by atoms with E-state index in [9.17, 15) is 9.59 Å². The number of carboxylic acids is 2.